The maximum absolute atomic E-state index is 12.2. The zero-order valence-electron chi connectivity index (χ0n) is 17.1. The van der Waals surface area contributed by atoms with Crippen molar-refractivity contribution >= 4 is 41.0 Å². The van der Waals surface area contributed by atoms with Gasteiger partial charge in [-0.1, -0.05) is 23.7 Å². The molecular weight excluding hydrogens is 424 g/mol. The van der Waals surface area contributed by atoms with Gasteiger partial charge in [-0.15, -0.1) is 0 Å². The fourth-order valence-corrected chi connectivity index (χ4v) is 3.21. The number of carbonyl (C=O) groups is 4. The third-order valence-corrected chi connectivity index (χ3v) is 5.18. The van der Waals surface area contributed by atoms with Crippen LogP contribution < -0.4 is 10.1 Å². The Hall–Kier alpha value is -3.39. The average molecular weight is 445 g/mol. The fourth-order valence-electron chi connectivity index (χ4n) is 3.06. The predicted octanol–water partition coefficient (Wildman–Crippen LogP) is 3.10. The van der Waals surface area contributed by atoms with Crippen molar-refractivity contribution in [3.8, 4) is 5.75 Å². The van der Waals surface area contributed by atoms with E-state index in [1.807, 2.05) is 0 Å². The Balaban J connectivity index is 1.55. The lowest BCUT2D eigenvalue weighted by molar-refractivity contribution is -0.139. The van der Waals surface area contributed by atoms with Crippen molar-refractivity contribution in [3.63, 3.8) is 0 Å². The molecule has 9 heteroatoms. The summed E-state index contributed by atoms with van der Waals surface area (Å²) in [5, 5.41) is 3.13. The van der Waals surface area contributed by atoms with E-state index >= 15 is 0 Å². The molecule has 0 radical (unpaired) electrons. The Labute approximate surface area is 184 Å². The first-order valence-electron chi connectivity index (χ1n) is 9.51. The molecule has 0 atom stereocenters. The second kappa shape index (κ2) is 9.61. The van der Waals surface area contributed by atoms with Crippen LogP contribution >= 0.6 is 11.6 Å². The van der Waals surface area contributed by atoms with Crippen molar-refractivity contribution in [3.05, 3.63) is 58.1 Å². The molecule has 0 spiro atoms. The molecule has 3 amide bonds. The molecule has 162 valence electrons. The lowest BCUT2D eigenvalue weighted by Crippen LogP contribution is -2.28. The van der Waals surface area contributed by atoms with Gasteiger partial charge >= 0.3 is 5.97 Å². The number of nitrogens with one attached hydrogen (secondary N) is 1. The summed E-state index contributed by atoms with van der Waals surface area (Å²) in [6.07, 6.45) is 0.458. The van der Waals surface area contributed by atoms with Crippen LogP contribution in [0.2, 0.25) is 5.02 Å². The van der Waals surface area contributed by atoms with Gasteiger partial charge in [-0.25, -0.2) is 4.79 Å². The first-order chi connectivity index (χ1) is 14.8. The number of amides is 3. The smallest absolute Gasteiger partial charge is 0.338 e. The summed E-state index contributed by atoms with van der Waals surface area (Å²) in [6.45, 7) is 1.47. The molecule has 0 unspecified atom stereocenters. The van der Waals surface area contributed by atoms with Gasteiger partial charge in [0.2, 0.25) is 11.8 Å². The van der Waals surface area contributed by atoms with Gasteiger partial charge in [-0.05, 0) is 36.2 Å². The van der Waals surface area contributed by atoms with Crippen molar-refractivity contribution in [2.75, 3.05) is 19.0 Å². The van der Waals surface area contributed by atoms with E-state index in [-0.39, 0.29) is 36.8 Å². The number of benzene rings is 2. The van der Waals surface area contributed by atoms with Gasteiger partial charge in [0, 0.05) is 23.9 Å². The Morgan fingerprint density at radius 2 is 1.74 bits per heavy atom. The normalized spacial score (nSPS) is 13.3. The minimum Gasteiger partial charge on any atom is -0.495 e. The molecule has 2 aromatic carbocycles. The fraction of sp³-hybridized carbons (Fsp3) is 0.273. The number of rotatable bonds is 7. The van der Waals surface area contributed by atoms with Gasteiger partial charge < -0.3 is 14.8 Å². The summed E-state index contributed by atoms with van der Waals surface area (Å²) in [5.41, 5.74) is 2.13. The van der Waals surface area contributed by atoms with Crippen molar-refractivity contribution < 1.29 is 28.7 Å². The minimum absolute atomic E-state index is 0.164. The van der Waals surface area contributed by atoms with E-state index < -0.39 is 18.5 Å². The van der Waals surface area contributed by atoms with Crippen LogP contribution in [0.4, 0.5) is 5.69 Å². The summed E-state index contributed by atoms with van der Waals surface area (Å²) in [4.78, 5) is 49.0. The molecule has 0 saturated carbocycles. The Bertz CT molecular complexity index is 1020. The number of esters is 1. The number of hydrogen-bond donors (Lipinski definition) is 1. The lowest BCUT2D eigenvalue weighted by atomic mass is 10.1. The maximum atomic E-state index is 12.2. The number of likely N-dealkylation sites (tertiary alicyclic amines) is 1. The molecule has 0 aliphatic carbocycles. The number of aryl methyl sites for hydroxylation is 1. The van der Waals surface area contributed by atoms with E-state index in [0.29, 0.717) is 22.0 Å². The highest BCUT2D eigenvalue weighted by molar-refractivity contribution is 6.31. The highest BCUT2D eigenvalue weighted by Gasteiger charge is 2.28. The van der Waals surface area contributed by atoms with Crippen LogP contribution in [0.3, 0.4) is 0 Å². The molecule has 1 N–H and O–H groups in total. The number of nitrogens with zero attached hydrogens (tertiary/aromatic N) is 1. The highest BCUT2D eigenvalue weighted by Crippen LogP contribution is 2.30. The monoisotopic (exact) mass is 444 g/mol. The molecule has 31 heavy (non-hydrogen) atoms. The van der Waals surface area contributed by atoms with Gasteiger partial charge in [-0.3, -0.25) is 19.3 Å². The van der Waals surface area contributed by atoms with Crippen LogP contribution in [-0.2, 0) is 25.7 Å². The summed E-state index contributed by atoms with van der Waals surface area (Å²) in [6, 6.07) is 9.56. The quantitative estimate of drug-likeness (QED) is 0.520. The molecule has 1 aliphatic rings. The number of anilines is 1. The van der Waals surface area contributed by atoms with Crippen molar-refractivity contribution in [1.29, 1.82) is 0 Å². The van der Waals surface area contributed by atoms with Crippen LogP contribution in [0.25, 0.3) is 0 Å². The van der Waals surface area contributed by atoms with Gasteiger partial charge in [0.05, 0.1) is 24.9 Å². The first kappa shape index (κ1) is 22.3. The Morgan fingerprint density at radius 1 is 1.10 bits per heavy atom. The summed E-state index contributed by atoms with van der Waals surface area (Å²) in [5.74, 6) is -1.22. The van der Waals surface area contributed by atoms with E-state index in [1.54, 1.807) is 31.2 Å². The largest absolute Gasteiger partial charge is 0.495 e. The zero-order valence-corrected chi connectivity index (χ0v) is 17.8. The summed E-state index contributed by atoms with van der Waals surface area (Å²) in [7, 11) is 1.45. The predicted molar refractivity (Wildman–Crippen MR) is 113 cm³/mol. The standard InChI is InChI=1S/C22H21ClN2O6/c1-13-9-17(18(30-2)10-16(13)23)24-19(26)12-31-22(29)15-5-3-14(4-6-15)11-25-20(27)7-8-21(25)28/h3-6,9-10H,7-8,11-12H2,1-2H3,(H,24,26). The zero-order chi connectivity index (χ0) is 22.5. The van der Waals surface area contributed by atoms with E-state index in [4.69, 9.17) is 21.1 Å². The molecule has 1 aliphatic heterocycles. The molecule has 3 rings (SSSR count). The van der Waals surface area contributed by atoms with Crippen LogP contribution in [-0.4, -0.2) is 42.3 Å². The third-order valence-electron chi connectivity index (χ3n) is 4.77. The van der Waals surface area contributed by atoms with E-state index in [0.717, 1.165) is 5.56 Å². The van der Waals surface area contributed by atoms with Gasteiger partial charge in [-0.2, -0.15) is 0 Å². The highest BCUT2D eigenvalue weighted by atomic mass is 35.5. The van der Waals surface area contributed by atoms with E-state index in [2.05, 4.69) is 5.32 Å². The van der Waals surface area contributed by atoms with Gasteiger partial charge in [0.1, 0.15) is 5.75 Å². The van der Waals surface area contributed by atoms with Crippen LogP contribution in [0.5, 0.6) is 5.75 Å². The maximum Gasteiger partial charge on any atom is 0.338 e. The van der Waals surface area contributed by atoms with Crippen LogP contribution in [0.15, 0.2) is 36.4 Å². The number of hydrogen-bond acceptors (Lipinski definition) is 6. The second-order valence-electron chi connectivity index (χ2n) is 7.00. The van der Waals surface area contributed by atoms with Crippen LogP contribution in [0, 0.1) is 6.92 Å². The SMILES string of the molecule is COc1cc(Cl)c(C)cc1NC(=O)COC(=O)c1ccc(CN2C(=O)CCC2=O)cc1. The Morgan fingerprint density at radius 3 is 2.35 bits per heavy atom. The molecule has 2 aromatic rings. The summed E-state index contributed by atoms with van der Waals surface area (Å²) >= 11 is 6.05. The molecule has 1 fully saturated rings. The second-order valence-corrected chi connectivity index (χ2v) is 7.40. The first-order valence-corrected chi connectivity index (χ1v) is 9.89. The number of imide groups is 1. The number of carbonyl (C=O) groups excluding carboxylic acids is 4. The third kappa shape index (κ3) is 5.40. The molecular formula is C22H21ClN2O6. The van der Waals surface area contributed by atoms with Crippen molar-refractivity contribution in [2.24, 2.45) is 0 Å². The molecule has 8 nitrogen and oxygen atoms in total. The number of halogens is 1. The molecule has 0 bridgehead atoms. The topological polar surface area (TPSA) is 102 Å². The molecule has 1 heterocycles. The Kier molecular flexibility index (Phi) is 6.91. The summed E-state index contributed by atoms with van der Waals surface area (Å²) < 4.78 is 10.3. The molecule has 0 aromatic heterocycles. The molecule has 1 saturated heterocycles. The van der Waals surface area contributed by atoms with Crippen molar-refractivity contribution in [1.82, 2.24) is 4.90 Å². The lowest BCUT2D eigenvalue weighted by Gasteiger charge is -2.14. The minimum atomic E-state index is -0.672. The average Bonchev–Trinajstić information content (AvgIpc) is 3.07. The van der Waals surface area contributed by atoms with E-state index in [1.165, 1.54) is 24.1 Å². The number of methoxy groups -OCH3 is 1. The van der Waals surface area contributed by atoms with Gasteiger partial charge in [0.15, 0.2) is 6.61 Å². The van der Waals surface area contributed by atoms with Crippen LogP contribution in [0.1, 0.15) is 34.3 Å². The van der Waals surface area contributed by atoms with Gasteiger partial charge in [0.25, 0.3) is 5.91 Å². The van der Waals surface area contributed by atoms with E-state index in [9.17, 15) is 19.2 Å². The van der Waals surface area contributed by atoms with Crippen molar-refractivity contribution in [2.45, 2.75) is 26.3 Å². The number of ether oxygens (including phenoxy) is 2.